The molecule has 1 aromatic carbocycles. The van der Waals surface area contributed by atoms with Gasteiger partial charge in [0.2, 0.25) is 5.91 Å². The number of carbonyl (C=O) groups excluding carboxylic acids is 1. The largest absolute Gasteiger partial charge is 0.496 e. The van der Waals surface area contributed by atoms with Gasteiger partial charge in [-0.1, -0.05) is 22.9 Å². The van der Waals surface area contributed by atoms with Crippen molar-refractivity contribution in [3.8, 4) is 5.75 Å². The molecule has 1 amide bonds. The molecule has 0 aliphatic rings. The maximum atomic E-state index is 13.2. The van der Waals surface area contributed by atoms with Crippen molar-refractivity contribution in [3.05, 3.63) is 29.6 Å². The first-order valence-electron chi connectivity index (χ1n) is 5.77. The van der Waals surface area contributed by atoms with E-state index in [1.165, 1.54) is 19.2 Å². The van der Waals surface area contributed by atoms with Crippen molar-refractivity contribution in [1.82, 2.24) is 5.32 Å². The van der Waals surface area contributed by atoms with E-state index >= 15 is 0 Å². The zero-order chi connectivity index (χ0) is 13.7. The van der Waals surface area contributed by atoms with Gasteiger partial charge in [0, 0.05) is 5.56 Å². The second-order valence-electron chi connectivity index (χ2n) is 3.99. The van der Waals surface area contributed by atoms with Gasteiger partial charge >= 0.3 is 0 Å². The Kier molecular flexibility index (Phi) is 5.59. The molecule has 3 nitrogen and oxygen atoms in total. The van der Waals surface area contributed by atoms with Crippen molar-refractivity contribution < 1.29 is 13.9 Å². The normalized spacial score (nSPS) is 13.8. The Labute approximate surface area is 115 Å². The molecular weight excluding hydrogens is 301 g/mol. The Balaban J connectivity index is 2.86. The summed E-state index contributed by atoms with van der Waals surface area (Å²) in [5, 5.41) is 2.82. The van der Waals surface area contributed by atoms with E-state index < -0.39 is 0 Å². The van der Waals surface area contributed by atoms with E-state index in [4.69, 9.17) is 4.74 Å². The van der Waals surface area contributed by atoms with Crippen molar-refractivity contribution in [2.75, 3.05) is 7.11 Å². The summed E-state index contributed by atoms with van der Waals surface area (Å²) in [6.07, 6.45) is 0.693. The summed E-state index contributed by atoms with van der Waals surface area (Å²) in [5.74, 6) is 0.0981. The van der Waals surface area contributed by atoms with Crippen LogP contribution in [0.5, 0.6) is 5.75 Å². The van der Waals surface area contributed by atoms with E-state index in [0.717, 1.165) is 0 Å². The number of amides is 1. The molecular formula is C13H17BrFNO2. The highest BCUT2D eigenvalue weighted by atomic mass is 79.9. The fraction of sp³-hybridized carbons (Fsp3) is 0.462. The van der Waals surface area contributed by atoms with Gasteiger partial charge in [-0.15, -0.1) is 0 Å². The van der Waals surface area contributed by atoms with E-state index in [-0.39, 0.29) is 22.6 Å². The van der Waals surface area contributed by atoms with Gasteiger partial charge in [-0.2, -0.15) is 0 Å². The lowest BCUT2D eigenvalue weighted by atomic mass is 10.1. The number of hydrogen-bond donors (Lipinski definition) is 1. The lowest BCUT2D eigenvalue weighted by molar-refractivity contribution is -0.121. The zero-order valence-electron chi connectivity index (χ0n) is 10.7. The van der Waals surface area contributed by atoms with Crippen molar-refractivity contribution in [3.63, 3.8) is 0 Å². The second kappa shape index (κ2) is 6.73. The highest BCUT2D eigenvalue weighted by Gasteiger charge is 2.18. The third-order valence-electron chi connectivity index (χ3n) is 2.66. The SMILES string of the molecule is CCC(Br)C(=O)NC(C)c1cc(F)ccc1OC. The summed E-state index contributed by atoms with van der Waals surface area (Å²) in [4.78, 5) is 11.5. The highest BCUT2D eigenvalue weighted by Crippen LogP contribution is 2.26. The van der Waals surface area contributed by atoms with E-state index in [9.17, 15) is 9.18 Å². The van der Waals surface area contributed by atoms with E-state index in [1.54, 1.807) is 13.0 Å². The summed E-state index contributed by atoms with van der Waals surface area (Å²) in [5.41, 5.74) is 0.627. The highest BCUT2D eigenvalue weighted by molar-refractivity contribution is 9.10. The van der Waals surface area contributed by atoms with Gasteiger partial charge in [-0.3, -0.25) is 4.79 Å². The molecule has 2 unspecified atom stereocenters. The zero-order valence-corrected chi connectivity index (χ0v) is 12.3. The number of methoxy groups -OCH3 is 1. The maximum absolute atomic E-state index is 13.2. The molecule has 0 spiro atoms. The van der Waals surface area contributed by atoms with Crippen LogP contribution in [0.2, 0.25) is 0 Å². The Morgan fingerprint density at radius 1 is 1.56 bits per heavy atom. The molecule has 18 heavy (non-hydrogen) atoms. The van der Waals surface area contributed by atoms with Crippen molar-refractivity contribution in [2.24, 2.45) is 0 Å². The van der Waals surface area contributed by atoms with Crippen LogP contribution in [-0.2, 0) is 4.79 Å². The second-order valence-corrected chi connectivity index (χ2v) is 5.10. The lowest BCUT2D eigenvalue weighted by Gasteiger charge is -2.18. The third kappa shape index (κ3) is 3.70. The molecule has 0 aromatic heterocycles. The fourth-order valence-corrected chi connectivity index (χ4v) is 1.74. The Bertz CT molecular complexity index is 425. The molecule has 0 radical (unpaired) electrons. The number of hydrogen-bond acceptors (Lipinski definition) is 2. The van der Waals surface area contributed by atoms with E-state index in [2.05, 4.69) is 21.2 Å². The number of nitrogens with one attached hydrogen (secondary N) is 1. The van der Waals surface area contributed by atoms with Gasteiger partial charge in [-0.05, 0) is 31.5 Å². The van der Waals surface area contributed by atoms with Crippen LogP contribution in [0.15, 0.2) is 18.2 Å². The monoisotopic (exact) mass is 317 g/mol. The van der Waals surface area contributed by atoms with Crippen molar-refractivity contribution in [2.45, 2.75) is 31.1 Å². The summed E-state index contributed by atoms with van der Waals surface area (Å²) in [7, 11) is 1.52. The van der Waals surface area contributed by atoms with Crippen LogP contribution in [0.3, 0.4) is 0 Å². The van der Waals surface area contributed by atoms with Crippen molar-refractivity contribution >= 4 is 21.8 Å². The van der Waals surface area contributed by atoms with Gasteiger partial charge in [0.15, 0.2) is 0 Å². The molecule has 1 rings (SSSR count). The third-order valence-corrected chi connectivity index (χ3v) is 3.72. The quantitative estimate of drug-likeness (QED) is 0.847. The smallest absolute Gasteiger partial charge is 0.234 e. The predicted molar refractivity (Wildman–Crippen MR) is 72.5 cm³/mol. The van der Waals surface area contributed by atoms with Gasteiger partial charge in [0.25, 0.3) is 0 Å². The van der Waals surface area contributed by atoms with Crippen LogP contribution >= 0.6 is 15.9 Å². The molecule has 2 atom stereocenters. The van der Waals surface area contributed by atoms with Gasteiger partial charge in [0.05, 0.1) is 18.0 Å². The Hall–Kier alpha value is -1.10. The number of benzene rings is 1. The number of ether oxygens (including phenoxy) is 1. The number of carbonyl (C=O) groups is 1. The first kappa shape index (κ1) is 15.0. The van der Waals surface area contributed by atoms with Crippen LogP contribution < -0.4 is 10.1 Å². The number of halogens is 2. The van der Waals surface area contributed by atoms with Gasteiger partial charge in [-0.25, -0.2) is 4.39 Å². The molecule has 5 heteroatoms. The first-order chi connectivity index (χ1) is 8.49. The molecule has 0 aliphatic carbocycles. The van der Waals surface area contributed by atoms with Crippen LogP contribution in [0.4, 0.5) is 4.39 Å². The van der Waals surface area contributed by atoms with Crippen molar-refractivity contribution in [1.29, 1.82) is 0 Å². The summed E-state index contributed by atoms with van der Waals surface area (Å²) in [6.45, 7) is 3.71. The van der Waals surface area contributed by atoms with Gasteiger partial charge < -0.3 is 10.1 Å². The minimum Gasteiger partial charge on any atom is -0.496 e. The molecule has 0 saturated carbocycles. The topological polar surface area (TPSA) is 38.3 Å². The van der Waals surface area contributed by atoms with Crippen LogP contribution in [0.1, 0.15) is 31.9 Å². The van der Waals surface area contributed by atoms with E-state index in [0.29, 0.717) is 17.7 Å². The predicted octanol–water partition coefficient (Wildman–Crippen LogP) is 3.19. The average Bonchev–Trinajstić information content (AvgIpc) is 2.37. The summed E-state index contributed by atoms with van der Waals surface area (Å²) < 4.78 is 18.4. The number of alkyl halides is 1. The molecule has 0 bridgehead atoms. The lowest BCUT2D eigenvalue weighted by Crippen LogP contribution is -2.33. The first-order valence-corrected chi connectivity index (χ1v) is 6.69. The fourth-order valence-electron chi connectivity index (χ4n) is 1.61. The van der Waals surface area contributed by atoms with Crippen LogP contribution in [0.25, 0.3) is 0 Å². The van der Waals surface area contributed by atoms with Crippen LogP contribution in [-0.4, -0.2) is 17.8 Å². The standard InChI is InChI=1S/C13H17BrFNO2/c1-4-11(14)13(17)16-8(2)10-7-9(15)5-6-12(10)18-3/h5-8,11H,4H2,1-3H3,(H,16,17). The molecule has 0 fully saturated rings. The molecule has 0 heterocycles. The summed E-state index contributed by atoms with van der Waals surface area (Å²) >= 11 is 3.28. The minimum absolute atomic E-state index is 0.115. The number of rotatable bonds is 5. The van der Waals surface area contributed by atoms with Gasteiger partial charge in [0.1, 0.15) is 11.6 Å². The molecule has 1 aromatic rings. The Morgan fingerprint density at radius 2 is 2.22 bits per heavy atom. The molecule has 0 aliphatic heterocycles. The molecule has 1 N–H and O–H groups in total. The molecule has 0 saturated heterocycles. The van der Waals surface area contributed by atoms with Crippen LogP contribution in [0, 0.1) is 5.82 Å². The summed E-state index contributed by atoms with van der Waals surface area (Å²) in [6, 6.07) is 3.95. The Morgan fingerprint density at radius 3 is 2.78 bits per heavy atom. The minimum atomic E-state index is -0.349. The van der Waals surface area contributed by atoms with E-state index in [1.807, 2.05) is 6.92 Å². The maximum Gasteiger partial charge on any atom is 0.234 e. The molecule has 100 valence electrons. The average molecular weight is 318 g/mol.